The molecule has 4 rings (SSSR count). The van der Waals surface area contributed by atoms with Crippen molar-refractivity contribution in [3.63, 3.8) is 0 Å². The van der Waals surface area contributed by atoms with Gasteiger partial charge in [0, 0.05) is 6.54 Å². The van der Waals surface area contributed by atoms with Gasteiger partial charge in [-0.25, -0.2) is 0 Å². The van der Waals surface area contributed by atoms with E-state index in [0.717, 1.165) is 22.4 Å². The van der Waals surface area contributed by atoms with E-state index < -0.39 is 6.55 Å². The summed E-state index contributed by atoms with van der Waals surface area (Å²) in [7, 11) is 0. The van der Waals surface area contributed by atoms with Gasteiger partial charge in [-0.15, -0.1) is 21.5 Å². The summed E-state index contributed by atoms with van der Waals surface area (Å²) in [5, 5.41) is 10.2. The highest BCUT2D eigenvalue weighted by molar-refractivity contribution is 7.71. The zero-order chi connectivity index (χ0) is 20.4. The predicted molar refractivity (Wildman–Crippen MR) is 110 cm³/mol. The summed E-state index contributed by atoms with van der Waals surface area (Å²) in [5.74, 6) is 0.961. The van der Waals surface area contributed by atoms with Crippen LogP contribution in [-0.2, 0) is 13.2 Å². The normalized spacial score (nSPS) is 11.9. The molecule has 0 amide bonds. The fourth-order valence-electron chi connectivity index (χ4n) is 3.28. The van der Waals surface area contributed by atoms with E-state index >= 15 is 0 Å². The molecule has 0 N–H and O–H groups in total. The number of aromatic nitrogens is 4. The summed E-state index contributed by atoms with van der Waals surface area (Å²) in [6, 6.07) is 10.9. The molecular weight excluding hydrogens is 416 g/mol. The number of halogens is 2. The largest absolute Gasteiger partial charge is 0.419 e. The average Bonchev–Trinajstić information content (AvgIpc) is 3.42. The van der Waals surface area contributed by atoms with E-state index in [2.05, 4.69) is 22.0 Å². The van der Waals surface area contributed by atoms with Crippen molar-refractivity contribution in [2.45, 2.75) is 33.1 Å². The Bertz CT molecular complexity index is 1150. The van der Waals surface area contributed by atoms with Crippen molar-refractivity contribution in [3.05, 3.63) is 52.4 Å². The number of alkyl halides is 2. The number of rotatable bonds is 8. The molecule has 0 radical (unpaired) electrons. The highest BCUT2D eigenvalue weighted by Gasteiger charge is 2.19. The van der Waals surface area contributed by atoms with Gasteiger partial charge in [0.2, 0.25) is 5.89 Å². The molecule has 0 unspecified atom stereocenters. The van der Waals surface area contributed by atoms with E-state index in [1.54, 1.807) is 22.8 Å². The second kappa shape index (κ2) is 8.52. The average molecular weight is 436 g/mol. The molecule has 152 valence electrons. The lowest BCUT2D eigenvalue weighted by Crippen LogP contribution is -2.27. The molecular formula is C19H19F2N5OS2. The topological polar surface area (TPSA) is 52.0 Å². The third-order valence-corrected chi connectivity index (χ3v) is 5.78. The second-order valence-electron chi connectivity index (χ2n) is 6.52. The van der Waals surface area contributed by atoms with Crippen molar-refractivity contribution < 1.29 is 13.2 Å². The molecule has 0 spiro atoms. The molecule has 29 heavy (non-hydrogen) atoms. The number of nitrogens with zero attached hydrogens (tertiary/aromatic N) is 5. The van der Waals surface area contributed by atoms with Crippen molar-refractivity contribution >= 4 is 34.6 Å². The first kappa shape index (κ1) is 19.9. The predicted octanol–water partition coefficient (Wildman–Crippen LogP) is 5.55. The quantitative estimate of drug-likeness (QED) is 0.340. The van der Waals surface area contributed by atoms with Gasteiger partial charge in [-0.2, -0.15) is 8.78 Å². The summed E-state index contributed by atoms with van der Waals surface area (Å²) in [4.78, 5) is 2.97. The molecule has 0 aliphatic heterocycles. The number of thiophene rings is 1. The van der Waals surface area contributed by atoms with Gasteiger partial charge < -0.3 is 8.98 Å². The molecule has 3 heterocycles. The Morgan fingerprint density at radius 3 is 2.66 bits per heavy atom. The molecule has 0 aliphatic carbocycles. The Hall–Kier alpha value is -2.43. The zero-order valence-corrected chi connectivity index (χ0v) is 17.3. The van der Waals surface area contributed by atoms with Gasteiger partial charge in [0.15, 0.2) is 4.77 Å². The number of fused-ring (bicyclic) bond motifs is 1. The number of para-hydroxylation sites is 2. The van der Waals surface area contributed by atoms with Crippen LogP contribution in [-0.4, -0.2) is 30.8 Å². The van der Waals surface area contributed by atoms with Crippen LogP contribution in [0.15, 0.2) is 46.2 Å². The molecule has 0 atom stereocenters. The van der Waals surface area contributed by atoms with Gasteiger partial charge in [0.25, 0.3) is 5.89 Å². The van der Waals surface area contributed by atoms with Crippen LogP contribution in [0.4, 0.5) is 8.78 Å². The van der Waals surface area contributed by atoms with Crippen LogP contribution in [0.25, 0.3) is 21.8 Å². The van der Waals surface area contributed by atoms with E-state index in [1.807, 2.05) is 23.6 Å². The monoisotopic (exact) mass is 435 g/mol. The summed E-state index contributed by atoms with van der Waals surface area (Å²) in [5.41, 5.74) is 1.09. The Balaban J connectivity index is 1.63. The number of hydrogen-bond acceptors (Lipinski definition) is 6. The first-order chi connectivity index (χ1) is 14.1. The minimum atomic E-state index is -2.70. The van der Waals surface area contributed by atoms with E-state index in [0.29, 0.717) is 36.0 Å². The Labute approximate surface area is 175 Å². The van der Waals surface area contributed by atoms with Gasteiger partial charge in [-0.1, -0.05) is 25.1 Å². The molecule has 0 fully saturated rings. The molecule has 0 bridgehead atoms. The smallest absolute Gasteiger partial charge is 0.321 e. The zero-order valence-electron chi connectivity index (χ0n) is 15.7. The van der Waals surface area contributed by atoms with Crippen molar-refractivity contribution in [2.24, 2.45) is 0 Å². The summed E-state index contributed by atoms with van der Waals surface area (Å²) in [6.45, 7) is 0.843. The molecule has 0 saturated heterocycles. The third kappa shape index (κ3) is 4.00. The number of imidazole rings is 1. The van der Waals surface area contributed by atoms with Crippen LogP contribution in [0.2, 0.25) is 0 Å². The second-order valence-corrected chi connectivity index (χ2v) is 7.83. The van der Waals surface area contributed by atoms with Crippen molar-refractivity contribution in [1.82, 2.24) is 24.2 Å². The maximum absolute atomic E-state index is 13.6. The van der Waals surface area contributed by atoms with Gasteiger partial charge in [-0.05, 0) is 42.2 Å². The molecule has 4 aromatic rings. The van der Waals surface area contributed by atoms with E-state index in [1.165, 1.54) is 11.3 Å². The third-order valence-electron chi connectivity index (χ3n) is 4.50. The molecule has 0 saturated carbocycles. The lowest BCUT2D eigenvalue weighted by Gasteiger charge is -2.20. The Morgan fingerprint density at radius 2 is 1.97 bits per heavy atom. The standard InChI is InChI=1S/C19H19F2N5OS2/c1-2-9-24(11-16-22-23-17(27-16)15-8-5-10-29-15)12-25-13-6-3-4-7-14(13)26(18(20)21)19(25)28/h3-8,10,18H,2,9,11-12H2,1H3. The van der Waals surface area contributed by atoms with Gasteiger partial charge in [0.05, 0.1) is 29.1 Å². The Kier molecular flexibility index (Phi) is 5.84. The van der Waals surface area contributed by atoms with E-state index in [4.69, 9.17) is 16.6 Å². The van der Waals surface area contributed by atoms with Crippen LogP contribution in [0.1, 0.15) is 25.8 Å². The highest BCUT2D eigenvalue weighted by Crippen LogP contribution is 2.26. The molecule has 6 nitrogen and oxygen atoms in total. The first-order valence-electron chi connectivity index (χ1n) is 9.15. The fourth-order valence-corrected chi connectivity index (χ4v) is 4.26. The van der Waals surface area contributed by atoms with Crippen LogP contribution in [0, 0.1) is 4.77 Å². The van der Waals surface area contributed by atoms with Gasteiger partial charge in [0.1, 0.15) is 0 Å². The summed E-state index contributed by atoms with van der Waals surface area (Å²) < 4.78 is 35.6. The van der Waals surface area contributed by atoms with Crippen LogP contribution in [0.3, 0.4) is 0 Å². The fraction of sp³-hybridized carbons (Fsp3) is 0.316. The lowest BCUT2D eigenvalue weighted by atomic mass is 10.3. The maximum atomic E-state index is 13.6. The molecule has 0 aliphatic rings. The van der Waals surface area contributed by atoms with Crippen LogP contribution in [0.5, 0.6) is 0 Å². The summed E-state index contributed by atoms with van der Waals surface area (Å²) in [6.07, 6.45) is 0.882. The number of hydrogen-bond donors (Lipinski definition) is 0. The van der Waals surface area contributed by atoms with Crippen LogP contribution >= 0.6 is 23.6 Å². The molecule has 3 aromatic heterocycles. The molecule has 10 heteroatoms. The summed E-state index contributed by atoms with van der Waals surface area (Å²) >= 11 is 6.89. The number of benzene rings is 1. The first-order valence-corrected chi connectivity index (χ1v) is 10.4. The Morgan fingerprint density at radius 1 is 1.17 bits per heavy atom. The van der Waals surface area contributed by atoms with E-state index in [9.17, 15) is 8.78 Å². The van der Waals surface area contributed by atoms with Crippen molar-refractivity contribution in [2.75, 3.05) is 6.54 Å². The van der Waals surface area contributed by atoms with Gasteiger partial charge in [-0.3, -0.25) is 9.47 Å². The van der Waals surface area contributed by atoms with Crippen LogP contribution < -0.4 is 0 Å². The van der Waals surface area contributed by atoms with Crippen molar-refractivity contribution in [1.29, 1.82) is 0 Å². The lowest BCUT2D eigenvalue weighted by molar-refractivity contribution is 0.0713. The van der Waals surface area contributed by atoms with Gasteiger partial charge >= 0.3 is 6.55 Å². The SMILES string of the molecule is CCCN(Cc1nnc(-c2cccs2)o1)Cn1c(=S)n(C(F)F)c2ccccc21. The minimum Gasteiger partial charge on any atom is -0.419 e. The molecule has 1 aromatic carbocycles. The minimum absolute atomic E-state index is 0.0899. The maximum Gasteiger partial charge on any atom is 0.321 e. The highest BCUT2D eigenvalue weighted by atomic mass is 32.1. The van der Waals surface area contributed by atoms with E-state index in [-0.39, 0.29) is 4.77 Å². The van der Waals surface area contributed by atoms with Crippen molar-refractivity contribution in [3.8, 4) is 10.8 Å².